The molecule has 0 atom stereocenters. The van der Waals surface area contributed by atoms with E-state index >= 15 is 0 Å². The maximum absolute atomic E-state index is 11.9. The Kier molecular flexibility index (Phi) is 4.21. The molecule has 6 heteroatoms. The lowest BCUT2D eigenvalue weighted by atomic mass is 10.2. The van der Waals surface area contributed by atoms with Crippen molar-refractivity contribution in [1.29, 1.82) is 0 Å². The molecule has 1 saturated carbocycles. The van der Waals surface area contributed by atoms with Crippen LogP contribution in [0.5, 0.6) is 0 Å². The number of carbonyl (C=O) groups is 1. The van der Waals surface area contributed by atoms with Gasteiger partial charge in [0.05, 0.1) is 4.90 Å². The molecule has 0 heterocycles. The molecule has 0 bridgehead atoms. The van der Waals surface area contributed by atoms with Crippen LogP contribution in [0, 0.1) is 0 Å². The van der Waals surface area contributed by atoms with Crippen LogP contribution in [-0.4, -0.2) is 26.9 Å². The molecule has 0 aliphatic heterocycles. The first-order chi connectivity index (χ1) is 9.03. The molecule has 19 heavy (non-hydrogen) atoms. The van der Waals surface area contributed by atoms with E-state index in [1.54, 1.807) is 0 Å². The van der Waals surface area contributed by atoms with Crippen molar-refractivity contribution in [2.75, 3.05) is 6.54 Å². The van der Waals surface area contributed by atoms with Gasteiger partial charge in [-0.1, -0.05) is 6.92 Å². The van der Waals surface area contributed by atoms with Gasteiger partial charge in [0.2, 0.25) is 10.0 Å². The van der Waals surface area contributed by atoms with Gasteiger partial charge in [-0.2, -0.15) is 0 Å². The third-order valence-electron chi connectivity index (χ3n) is 2.86. The van der Waals surface area contributed by atoms with Gasteiger partial charge in [-0.15, -0.1) is 0 Å². The first-order valence-electron chi connectivity index (χ1n) is 6.43. The highest BCUT2D eigenvalue weighted by atomic mass is 32.2. The van der Waals surface area contributed by atoms with Crippen molar-refractivity contribution < 1.29 is 13.2 Å². The van der Waals surface area contributed by atoms with Gasteiger partial charge in [0.1, 0.15) is 0 Å². The predicted molar refractivity (Wildman–Crippen MR) is 72.4 cm³/mol. The molecular formula is C13H18N2O3S. The van der Waals surface area contributed by atoms with E-state index < -0.39 is 10.0 Å². The molecule has 0 spiro atoms. The normalized spacial score (nSPS) is 15.2. The van der Waals surface area contributed by atoms with Crippen LogP contribution < -0.4 is 10.0 Å². The summed E-state index contributed by atoms with van der Waals surface area (Å²) in [6.45, 7) is 2.58. The molecule has 5 nitrogen and oxygen atoms in total. The number of benzene rings is 1. The van der Waals surface area contributed by atoms with Crippen LogP contribution in [0.25, 0.3) is 0 Å². The molecule has 1 fully saturated rings. The second kappa shape index (κ2) is 5.71. The van der Waals surface area contributed by atoms with Crippen molar-refractivity contribution in [3.63, 3.8) is 0 Å². The van der Waals surface area contributed by atoms with E-state index in [9.17, 15) is 13.2 Å². The van der Waals surface area contributed by atoms with Gasteiger partial charge in [-0.3, -0.25) is 4.79 Å². The second-order valence-corrected chi connectivity index (χ2v) is 6.39. The summed E-state index contributed by atoms with van der Waals surface area (Å²) in [6.07, 6.45) is 2.66. The number of sulfonamides is 1. The maximum Gasteiger partial charge on any atom is 0.251 e. The second-order valence-electron chi connectivity index (χ2n) is 4.68. The van der Waals surface area contributed by atoms with Crippen LogP contribution in [0.15, 0.2) is 29.2 Å². The van der Waals surface area contributed by atoms with Crippen LogP contribution in [0.2, 0.25) is 0 Å². The first-order valence-corrected chi connectivity index (χ1v) is 7.92. The highest BCUT2D eigenvalue weighted by molar-refractivity contribution is 7.89. The molecule has 0 radical (unpaired) electrons. The van der Waals surface area contributed by atoms with E-state index in [1.165, 1.54) is 24.3 Å². The van der Waals surface area contributed by atoms with Gasteiger partial charge in [0.15, 0.2) is 0 Å². The fraction of sp³-hybridized carbons (Fsp3) is 0.462. The minimum Gasteiger partial charge on any atom is -0.352 e. The third-order valence-corrected chi connectivity index (χ3v) is 4.40. The molecule has 1 amide bonds. The Labute approximate surface area is 113 Å². The summed E-state index contributed by atoms with van der Waals surface area (Å²) in [6, 6.07) is 6.08. The number of hydrogen-bond acceptors (Lipinski definition) is 3. The predicted octanol–water partition coefficient (Wildman–Crippen LogP) is 1.27. The van der Waals surface area contributed by atoms with E-state index in [0.29, 0.717) is 12.1 Å². The Morgan fingerprint density at radius 3 is 2.42 bits per heavy atom. The van der Waals surface area contributed by atoms with E-state index in [2.05, 4.69) is 10.0 Å². The van der Waals surface area contributed by atoms with E-state index in [0.717, 1.165) is 19.3 Å². The van der Waals surface area contributed by atoms with Crippen molar-refractivity contribution in [1.82, 2.24) is 10.0 Å². The van der Waals surface area contributed by atoms with Gasteiger partial charge in [-0.05, 0) is 43.5 Å². The Morgan fingerprint density at radius 2 is 1.89 bits per heavy atom. The first kappa shape index (κ1) is 14.0. The summed E-state index contributed by atoms with van der Waals surface area (Å²) in [4.78, 5) is 11.9. The number of hydrogen-bond donors (Lipinski definition) is 2. The Bertz CT molecular complexity index is 548. The molecule has 2 rings (SSSR count). The van der Waals surface area contributed by atoms with E-state index in [-0.39, 0.29) is 16.8 Å². The molecule has 0 aromatic heterocycles. The van der Waals surface area contributed by atoms with Crippen LogP contribution in [-0.2, 0) is 10.0 Å². The summed E-state index contributed by atoms with van der Waals surface area (Å²) in [5.41, 5.74) is 0.471. The van der Waals surface area contributed by atoms with Gasteiger partial charge >= 0.3 is 0 Å². The molecule has 1 aromatic rings. The van der Waals surface area contributed by atoms with Gasteiger partial charge in [-0.25, -0.2) is 13.1 Å². The zero-order chi connectivity index (χ0) is 13.9. The average molecular weight is 282 g/mol. The smallest absolute Gasteiger partial charge is 0.251 e. The summed E-state index contributed by atoms with van der Waals surface area (Å²) < 4.78 is 26.4. The highest BCUT2D eigenvalue weighted by Crippen LogP contribution is 2.22. The standard InChI is InChI=1S/C13H18N2O3S/c1-2-9-14-13(16)10-3-7-12(8-4-10)19(17,18)15-11-5-6-11/h3-4,7-8,11,15H,2,5-6,9H2,1H3,(H,14,16). The summed E-state index contributed by atoms with van der Waals surface area (Å²) in [5.74, 6) is -0.180. The van der Waals surface area contributed by atoms with E-state index in [4.69, 9.17) is 0 Å². The van der Waals surface area contributed by atoms with Crippen molar-refractivity contribution >= 4 is 15.9 Å². The monoisotopic (exact) mass is 282 g/mol. The SMILES string of the molecule is CCCNC(=O)c1ccc(S(=O)(=O)NC2CC2)cc1. The zero-order valence-corrected chi connectivity index (χ0v) is 11.7. The van der Waals surface area contributed by atoms with Crippen molar-refractivity contribution in [2.45, 2.75) is 37.1 Å². The topological polar surface area (TPSA) is 75.3 Å². The number of carbonyl (C=O) groups excluding carboxylic acids is 1. The molecule has 104 valence electrons. The van der Waals surface area contributed by atoms with Crippen LogP contribution >= 0.6 is 0 Å². The fourth-order valence-electron chi connectivity index (χ4n) is 1.61. The Morgan fingerprint density at radius 1 is 1.26 bits per heavy atom. The van der Waals surface area contributed by atoms with Crippen molar-refractivity contribution in [2.24, 2.45) is 0 Å². The molecule has 1 aliphatic carbocycles. The quantitative estimate of drug-likeness (QED) is 0.825. The van der Waals surface area contributed by atoms with Gasteiger partial charge in [0, 0.05) is 18.2 Å². The molecule has 2 N–H and O–H groups in total. The molecule has 0 saturated heterocycles. The van der Waals surface area contributed by atoms with Crippen molar-refractivity contribution in [3.8, 4) is 0 Å². The van der Waals surface area contributed by atoms with Crippen LogP contribution in [0.4, 0.5) is 0 Å². The number of amides is 1. The largest absolute Gasteiger partial charge is 0.352 e. The number of rotatable bonds is 6. The highest BCUT2D eigenvalue weighted by Gasteiger charge is 2.27. The lowest BCUT2D eigenvalue weighted by Crippen LogP contribution is -2.26. The summed E-state index contributed by atoms with van der Waals surface area (Å²) in [5, 5.41) is 2.75. The van der Waals surface area contributed by atoms with E-state index in [1.807, 2.05) is 6.92 Å². The fourth-order valence-corrected chi connectivity index (χ4v) is 2.92. The average Bonchev–Trinajstić information content (AvgIpc) is 3.19. The van der Waals surface area contributed by atoms with Gasteiger partial charge in [0.25, 0.3) is 5.91 Å². The summed E-state index contributed by atoms with van der Waals surface area (Å²) in [7, 11) is -3.44. The number of nitrogens with one attached hydrogen (secondary N) is 2. The lowest BCUT2D eigenvalue weighted by Gasteiger charge is -2.07. The Balaban J connectivity index is 2.07. The third kappa shape index (κ3) is 3.78. The molecular weight excluding hydrogens is 264 g/mol. The van der Waals surface area contributed by atoms with Crippen molar-refractivity contribution in [3.05, 3.63) is 29.8 Å². The Hall–Kier alpha value is -1.40. The molecule has 0 unspecified atom stereocenters. The minimum absolute atomic E-state index is 0.0810. The van der Waals surface area contributed by atoms with Gasteiger partial charge < -0.3 is 5.32 Å². The lowest BCUT2D eigenvalue weighted by molar-refractivity contribution is 0.0953. The van der Waals surface area contributed by atoms with Crippen LogP contribution in [0.3, 0.4) is 0 Å². The summed E-state index contributed by atoms with van der Waals surface area (Å²) >= 11 is 0. The minimum atomic E-state index is -3.44. The maximum atomic E-state index is 11.9. The molecule has 1 aromatic carbocycles. The zero-order valence-electron chi connectivity index (χ0n) is 10.8. The molecule has 1 aliphatic rings. The van der Waals surface area contributed by atoms with Crippen LogP contribution in [0.1, 0.15) is 36.5 Å².